The number of amides is 1. The maximum absolute atomic E-state index is 12.8. The summed E-state index contributed by atoms with van der Waals surface area (Å²) in [6, 6.07) is 5.92. The molecule has 23 heavy (non-hydrogen) atoms. The molecule has 128 valence electrons. The van der Waals surface area contributed by atoms with Crippen LogP contribution in [0.15, 0.2) is 22.7 Å². The first-order valence-electron chi connectivity index (χ1n) is 7.97. The Morgan fingerprint density at radius 1 is 1.48 bits per heavy atom. The van der Waals surface area contributed by atoms with Crippen molar-refractivity contribution in [3.8, 4) is 5.75 Å². The SMILES string of the molecule is COc1ccc(CNC(=O)[C@@]23CCCC[C@H]2CNC3)cc1Br.Cl. The zero-order valence-corrected chi connectivity index (χ0v) is 15.8. The summed E-state index contributed by atoms with van der Waals surface area (Å²) in [5.74, 6) is 1.53. The molecule has 2 atom stereocenters. The van der Waals surface area contributed by atoms with Gasteiger partial charge in [-0.25, -0.2) is 0 Å². The van der Waals surface area contributed by atoms with Gasteiger partial charge < -0.3 is 15.4 Å². The van der Waals surface area contributed by atoms with E-state index >= 15 is 0 Å². The van der Waals surface area contributed by atoms with Crippen molar-refractivity contribution in [1.29, 1.82) is 0 Å². The van der Waals surface area contributed by atoms with Crippen molar-refractivity contribution in [1.82, 2.24) is 10.6 Å². The molecule has 1 aromatic rings. The predicted octanol–water partition coefficient (Wildman–Crippen LogP) is 3.28. The summed E-state index contributed by atoms with van der Waals surface area (Å²) in [7, 11) is 1.65. The topological polar surface area (TPSA) is 50.4 Å². The summed E-state index contributed by atoms with van der Waals surface area (Å²) < 4.78 is 6.15. The number of fused-ring (bicyclic) bond motifs is 1. The Morgan fingerprint density at radius 2 is 2.30 bits per heavy atom. The highest BCUT2D eigenvalue weighted by Gasteiger charge is 2.49. The molecule has 6 heteroatoms. The van der Waals surface area contributed by atoms with Crippen LogP contribution in [0.1, 0.15) is 31.2 Å². The fourth-order valence-corrected chi connectivity index (χ4v) is 4.46. The quantitative estimate of drug-likeness (QED) is 0.811. The third kappa shape index (κ3) is 3.67. The van der Waals surface area contributed by atoms with Crippen LogP contribution in [-0.2, 0) is 11.3 Å². The van der Waals surface area contributed by atoms with Gasteiger partial charge in [0.15, 0.2) is 0 Å². The molecular formula is C17H24BrClN2O2. The average Bonchev–Trinajstić information content (AvgIpc) is 2.98. The van der Waals surface area contributed by atoms with E-state index in [-0.39, 0.29) is 23.7 Å². The van der Waals surface area contributed by atoms with Gasteiger partial charge in [-0.1, -0.05) is 18.9 Å². The lowest BCUT2D eigenvalue weighted by atomic mass is 9.67. The van der Waals surface area contributed by atoms with Crippen molar-refractivity contribution in [3.05, 3.63) is 28.2 Å². The number of carbonyl (C=O) groups excluding carboxylic acids is 1. The second-order valence-electron chi connectivity index (χ2n) is 6.38. The van der Waals surface area contributed by atoms with Crippen molar-refractivity contribution in [2.45, 2.75) is 32.2 Å². The number of benzene rings is 1. The number of ether oxygens (including phenoxy) is 1. The first-order chi connectivity index (χ1) is 10.7. The van der Waals surface area contributed by atoms with Crippen LogP contribution in [0.5, 0.6) is 5.75 Å². The maximum Gasteiger partial charge on any atom is 0.228 e. The van der Waals surface area contributed by atoms with Gasteiger partial charge in [0, 0.05) is 13.1 Å². The minimum Gasteiger partial charge on any atom is -0.496 e. The molecule has 1 heterocycles. The van der Waals surface area contributed by atoms with Crippen molar-refractivity contribution in [2.75, 3.05) is 20.2 Å². The fourth-order valence-electron chi connectivity index (χ4n) is 3.87. The number of rotatable bonds is 4. The van der Waals surface area contributed by atoms with Crippen molar-refractivity contribution < 1.29 is 9.53 Å². The molecule has 4 nitrogen and oxygen atoms in total. The largest absolute Gasteiger partial charge is 0.496 e. The average molecular weight is 404 g/mol. The molecule has 1 aliphatic carbocycles. The lowest BCUT2D eigenvalue weighted by Gasteiger charge is -2.37. The normalized spacial score (nSPS) is 26.1. The third-order valence-corrected chi connectivity index (χ3v) is 5.78. The van der Waals surface area contributed by atoms with Crippen molar-refractivity contribution in [3.63, 3.8) is 0 Å². The molecule has 2 N–H and O–H groups in total. The number of hydrogen-bond acceptors (Lipinski definition) is 3. The Kier molecular flexibility index (Phi) is 6.34. The lowest BCUT2D eigenvalue weighted by molar-refractivity contribution is -0.134. The second kappa shape index (κ2) is 7.86. The molecule has 1 amide bonds. The first kappa shape index (κ1) is 18.6. The minimum absolute atomic E-state index is 0. The molecule has 1 saturated carbocycles. The van der Waals surface area contributed by atoms with E-state index in [4.69, 9.17) is 4.74 Å². The van der Waals surface area contributed by atoms with Crippen LogP contribution in [0, 0.1) is 11.3 Å². The Labute approximate surface area is 152 Å². The molecule has 0 radical (unpaired) electrons. The molecule has 2 fully saturated rings. The number of hydrogen-bond donors (Lipinski definition) is 2. The summed E-state index contributed by atoms with van der Waals surface area (Å²) in [5, 5.41) is 6.58. The summed E-state index contributed by atoms with van der Waals surface area (Å²) >= 11 is 3.49. The molecule has 3 rings (SSSR count). The summed E-state index contributed by atoms with van der Waals surface area (Å²) in [6.45, 7) is 2.38. The molecule has 1 saturated heterocycles. The van der Waals surface area contributed by atoms with Crippen molar-refractivity contribution >= 4 is 34.2 Å². The Bertz CT molecular complexity index is 570. The fraction of sp³-hybridized carbons (Fsp3) is 0.588. The van der Waals surface area contributed by atoms with Gasteiger partial charge in [0.1, 0.15) is 5.75 Å². The highest BCUT2D eigenvalue weighted by Crippen LogP contribution is 2.43. The van der Waals surface area contributed by atoms with Crippen LogP contribution < -0.4 is 15.4 Å². The van der Waals surface area contributed by atoms with Crippen molar-refractivity contribution in [2.24, 2.45) is 11.3 Å². The van der Waals surface area contributed by atoms with E-state index in [1.165, 1.54) is 19.3 Å². The van der Waals surface area contributed by atoms with Crippen LogP contribution >= 0.6 is 28.3 Å². The Hall–Kier alpha value is -0.780. The number of methoxy groups -OCH3 is 1. The van der Waals surface area contributed by atoms with Crippen LogP contribution in [0.4, 0.5) is 0 Å². The standard InChI is InChI=1S/C17H23BrN2O2.ClH/c1-22-15-6-5-12(8-14(15)18)9-20-16(21)17-7-3-2-4-13(17)10-19-11-17;/h5-6,8,13,19H,2-4,7,9-11H2,1H3,(H,20,21);1H/t13-,17+;/m0./s1. The molecule has 2 aliphatic rings. The summed E-state index contributed by atoms with van der Waals surface area (Å²) in [5.41, 5.74) is 0.901. The smallest absolute Gasteiger partial charge is 0.228 e. The zero-order chi connectivity index (χ0) is 15.6. The van der Waals surface area contributed by atoms with Gasteiger partial charge in [0.05, 0.1) is 17.0 Å². The van der Waals surface area contributed by atoms with Gasteiger partial charge in [-0.2, -0.15) is 0 Å². The van der Waals surface area contributed by atoms with Gasteiger partial charge >= 0.3 is 0 Å². The van der Waals surface area contributed by atoms with E-state index in [1.807, 2.05) is 18.2 Å². The van der Waals surface area contributed by atoms with Crippen LogP contribution in [0.3, 0.4) is 0 Å². The predicted molar refractivity (Wildman–Crippen MR) is 97.0 cm³/mol. The Balaban J connectivity index is 0.00000192. The second-order valence-corrected chi connectivity index (χ2v) is 7.24. The van der Waals surface area contributed by atoms with Gasteiger partial charge in [0.2, 0.25) is 5.91 Å². The molecule has 0 spiro atoms. The van der Waals surface area contributed by atoms with Gasteiger partial charge in [-0.15, -0.1) is 12.4 Å². The monoisotopic (exact) mass is 402 g/mol. The van der Waals surface area contributed by atoms with Gasteiger partial charge in [0.25, 0.3) is 0 Å². The summed E-state index contributed by atoms with van der Waals surface area (Å²) in [6.07, 6.45) is 4.61. The maximum atomic E-state index is 12.8. The lowest BCUT2D eigenvalue weighted by Crippen LogP contribution is -2.47. The van der Waals surface area contributed by atoms with Crippen LogP contribution in [0.25, 0.3) is 0 Å². The van der Waals surface area contributed by atoms with Crippen LogP contribution in [-0.4, -0.2) is 26.1 Å². The minimum atomic E-state index is -0.179. The molecular weight excluding hydrogens is 380 g/mol. The third-order valence-electron chi connectivity index (χ3n) is 5.16. The highest BCUT2D eigenvalue weighted by atomic mass is 79.9. The molecule has 0 unspecified atom stereocenters. The van der Waals surface area contributed by atoms with E-state index in [2.05, 4.69) is 26.6 Å². The van der Waals surface area contributed by atoms with Crippen LogP contribution in [0.2, 0.25) is 0 Å². The Morgan fingerprint density at radius 3 is 3.04 bits per heavy atom. The van der Waals surface area contributed by atoms with E-state index in [0.29, 0.717) is 12.5 Å². The van der Waals surface area contributed by atoms with E-state index < -0.39 is 0 Å². The molecule has 0 aromatic heterocycles. The first-order valence-corrected chi connectivity index (χ1v) is 8.76. The molecule has 1 aliphatic heterocycles. The van der Waals surface area contributed by atoms with Gasteiger partial charge in [-0.3, -0.25) is 4.79 Å². The number of nitrogens with one attached hydrogen (secondary N) is 2. The number of carbonyl (C=O) groups is 1. The summed E-state index contributed by atoms with van der Waals surface area (Å²) in [4.78, 5) is 12.8. The number of halogens is 2. The molecule has 1 aromatic carbocycles. The van der Waals surface area contributed by atoms with E-state index in [0.717, 1.165) is 35.3 Å². The highest BCUT2D eigenvalue weighted by molar-refractivity contribution is 9.10. The van der Waals surface area contributed by atoms with Gasteiger partial charge in [-0.05, 0) is 58.9 Å². The molecule has 0 bridgehead atoms. The van der Waals surface area contributed by atoms with E-state index in [9.17, 15) is 4.79 Å². The zero-order valence-electron chi connectivity index (χ0n) is 13.4. The van der Waals surface area contributed by atoms with E-state index in [1.54, 1.807) is 7.11 Å².